The lowest BCUT2D eigenvalue weighted by Crippen LogP contribution is -2.40. The van der Waals surface area contributed by atoms with Crippen LogP contribution in [0.4, 0.5) is 0 Å². The van der Waals surface area contributed by atoms with Gasteiger partial charge in [0.15, 0.2) is 0 Å². The van der Waals surface area contributed by atoms with E-state index in [1.165, 1.54) is 6.08 Å². The van der Waals surface area contributed by atoms with E-state index < -0.39 is 11.8 Å². The molecule has 7 nitrogen and oxygen atoms in total. The van der Waals surface area contributed by atoms with Crippen LogP contribution in [0.5, 0.6) is 0 Å². The number of amides is 3. The highest BCUT2D eigenvalue weighted by molar-refractivity contribution is 5.97. The van der Waals surface area contributed by atoms with Crippen LogP contribution in [0.25, 0.3) is 6.08 Å². The molecule has 3 amide bonds. The fourth-order valence-corrected chi connectivity index (χ4v) is 2.11. The van der Waals surface area contributed by atoms with Crippen molar-refractivity contribution in [3.63, 3.8) is 0 Å². The van der Waals surface area contributed by atoms with Crippen molar-refractivity contribution >= 4 is 23.8 Å². The number of rotatable bonds is 5. The number of aromatic amines is 1. The van der Waals surface area contributed by atoms with Crippen molar-refractivity contribution < 1.29 is 14.4 Å². The third-order valence-corrected chi connectivity index (χ3v) is 3.65. The highest BCUT2D eigenvalue weighted by Crippen LogP contribution is 2.19. The fourth-order valence-electron chi connectivity index (χ4n) is 2.11. The van der Waals surface area contributed by atoms with Crippen LogP contribution in [-0.4, -0.2) is 28.7 Å². The summed E-state index contributed by atoms with van der Waals surface area (Å²) in [5, 5.41) is 2.91. The van der Waals surface area contributed by atoms with E-state index in [0.717, 1.165) is 18.4 Å². The second-order valence-electron chi connectivity index (χ2n) is 5.73. The molecule has 0 aliphatic heterocycles. The van der Waals surface area contributed by atoms with Crippen LogP contribution in [-0.2, 0) is 4.79 Å². The maximum absolute atomic E-state index is 11.9. The largest absolute Gasteiger partial charge is 0.357 e. The van der Waals surface area contributed by atoms with E-state index in [-0.39, 0.29) is 5.91 Å². The van der Waals surface area contributed by atoms with Gasteiger partial charge in [0.05, 0.1) is 0 Å². The Morgan fingerprint density at radius 2 is 1.76 bits per heavy atom. The van der Waals surface area contributed by atoms with Gasteiger partial charge in [-0.25, -0.2) is 0 Å². The van der Waals surface area contributed by atoms with Gasteiger partial charge in [-0.15, -0.1) is 0 Å². The number of H-pyrrole nitrogens is 1. The molecular formula is C18H18N4O3. The summed E-state index contributed by atoms with van der Waals surface area (Å²) in [6, 6.07) is 10.5. The Hall–Kier alpha value is -3.35. The molecule has 1 aliphatic rings. The van der Waals surface area contributed by atoms with Crippen LogP contribution in [0, 0.1) is 0 Å². The maximum atomic E-state index is 11.9. The Morgan fingerprint density at radius 1 is 1.00 bits per heavy atom. The van der Waals surface area contributed by atoms with Gasteiger partial charge in [0.25, 0.3) is 17.7 Å². The third-order valence-electron chi connectivity index (χ3n) is 3.65. The van der Waals surface area contributed by atoms with E-state index in [1.54, 1.807) is 48.7 Å². The van der Waals surface area contributed by atoms with Crippen molar-refractivity contribution in [2.75, 3.05) is 0 Å². The summed E-state index contributed by atoms with van der Waals surface area (Å²) in [5.41, 5.74) is 6.30. The van der Waals surface area contributed by atoms with Crippen molar-refractivity contribution in [3.8, 4) is 0 Å². The van der Waals surface area contributed by atoms with Gasteiger partial charge in [-0.2, -0.15) is 0 Å². The molecule has 2 aromatic rings. The number of hydrogen-bond donors (Lipinski definition) is 4. The molecule has 0 saturated heterocycles. The van der Waals surface area contributed by atoms with Crippen molar-refractivity contribution in [2.24, 2.45) is 0 Å². The standard InChI is InChI=1S/C18H18N4O3/c23-16(21-22-18(25)15-2-1-11-19-15)10-5-12-3-6-13(7-4-12)17(24)20-14-8-9-14/h1-7,10-11,14,19H,8-9H2,(H,20,24)(H,21,23)(H,22,25)/b10-5+. The van der Waals surface area contributed by atoms with Gasteiger partial charge in [-0.05, 0) is 48.7 Å². The summed E-state index contributed by atoms with van der Waals surface area (Å²) in [5.74, 6) is -0.976. The second kappa shape index (κ2) is 7.48. The second-order valence-corrected chi connectivity index (χ2v) is 5.73. The Bertz CT molecular complexity index is 790. The van der Waals surface area contributed by atoms with Crippen molar-refractivity contribution in [2.45, 2.75) is 18.9 Å². The molecule has 1 saturated carbocycles. The fraction of sp³-hybridized carbons (Fsp3) is 0.167. The molecule has 0 spiro atoms. The summed E-state index contributed by atoms with van der Waals surface area (Å²) >= 11 is 0. The van der Waals surface area contributed by atoms with Crippen LogP contribution in [0.1, 0.15) is 39.3 Å². The van der Waals surface area contributed by atoms with E-state index >= 15 is 0 Å². The summed E-state index contributed by atoms with van der Waals surface area (Å²) < 4.78 is 0. The normalized spacial score (nSPS) is 13.4. The minimum absolute atomic E-state index is 0.0807. The van der Waals surface area contributed by atoms with Crippen LogP contribution < -0.4 is 16.2 Å². The predicted octanol–water partition coefficient (Wildman–Crippen LogP) is 1.38. The van der Waals surface area contributed by atoms with Gasteiger partial charge in [-0.3, -0.25) is 25.2 Å². The van der Waals surface area contributed by atoms with Gasteiger partial charge in [-0.1, -0.05) is 12.1 Å². The van der Waals surface area contributed by atoms with Crippen molar-refractivity contribution in [3.05, 3.63) is 65.5 Å². The van der Waals surface area contributed by atoms with Crippen molar-refractivity contribution in [1.29, 1.82) is 0 Å². The lowest BCUT2D eigenvalue weighted by Gasteiger charge is -2.04. The molecule has 3 rings (SSSR count). The number of carbonyl (C=O) groups excluding carboxylic acids is 3. The van der Waals surface area contributed by atoms with Crippen molar-refractivity contribution in [1.82, 2.24) is 21.2 Å². The molecule has 1 heterocycles. The van der Waals surface area contributed by atoms with E-state index in [4.69, 9.17) is 0 Å². The number of hydrogen-bond acceptors (Lipinski definition) is 3. The average molecular weight is 338 g/mol. The number of hydrazine groups is 1. The molecule has 1 aliphatic carbocycles. The molecule has 0 unspecified atom stereocenters. The van der Waals surface area contributed by atoms with Gasteiger partial charge in [0.1, 0.15) is 5.69 Å². The number of nitrogens with one attached hydrogen (secondary N) is 4. The predicted molar refractivity (Wildman–Crippen MR) is 92.4 cm³/mol. The smallest absolute Gasteiger partial charge is 0.286 e. The Labute approximate surface area is 144 Å². The monoisotopic (exact) mass is 338 g/mol. The SMILES string of the molecule is O=C(/C=C/c1ccc(C(=O)NC2CC2)cc1)NNC(=O)c1ccc[nH]1. The molecule has 128 valence electrons. The highest BCUT2D eigenvalue weighted by Gasteiger charge is 2.23. The highest BCUT2D eigenvalue weighted by atomic mass is 16.2. The molecule has 0 atom stereocenters. The summed E-state index contributed by atoms with van der Waals surface area (Å²) in [6.07, 6.45) is 6.60. The molecule has 1 aromatic heterocycles. The van der Waals surface area contributed by atoms with Crippen LogP contribution >= 0.6 is 0 Å². The van der Waals surface area contributed by atoms with Crippen LogP contribution in [0.15, 0.2) is 48.7 Å². The third kappa shape index (κ3) is 4.81. The zero-order valence-electron chi connectivity index (χ0n) is 13.4. The molecular weight excluding hydrogens is 320 g/mol. The number of aromatic nitrogens is 1. The molecule has 7 heteroatoms. The summed E-state index contributed by atoms with van der Waals surface area (Å²) in [6.45, 7) is 0. The minimum Gasteiger partial charge on any atom is -0.357 e. The van der Waals surface area contributed by atoms with Crippen LogP contribution in [0.2, 0.25) is 0 Å². The molecule has 0 radical (unpaired) electrons. The lowest BCUT2D eigenvalue weighted by molar-refractivity contribution is -0.117. The number of carbonyl (C=O) groups is 3. The molecule has 0 bridgehead atoms. The first-order valence-corrected chi connectivity index (χ1v) is 7.94. The van der Waals surface area contributed by atoms with Crippen LogP contribution in [0.3, 0.4) is 0 Å². The Balaban J connectivity index is 1.48. The van der Waals surface area contributed by atoms with E-state index in [2.05, 4.69) is 21.2 Å². The van der Waals surface area contributed by atoms with E-state index in [0.29, 0.717) is 17.3 Å². The van der Waals surface area contributed by atoms with Gasteiger partial charge >= 0.3 is 0 Å². The first kappa shape index (κ1) is 16.5. The minimum atomic E-state index is -0.463. The zero-order chi connectivity index (χ0) is 17.6. The molecule has 1 aromatic carbocycles. The maximum Gasteiger partial charge on any atom is 0.286 e. The molecule has 4 N–H and O–H groups in total. The Kier molecular flexibility index (Phi) is 4.94. The topological polar surface area (TPSA) is 103 Å². The van der Waals surface area contributed by atoms with Gasteiger partial charge in [0.2, 0.25) is 0 Å². The average Bonchev–Trinajstić information content (AvgIpc) is 3.26. The molecule has 25 heavy (non-hydrogen) atoms. The lowest BCUT2D eigenvalue weighted by atomic mass is 10.1. The quantitative estimate of drug-likeness (QED) is 0.489. The first-order chi connectivity index (χ1) is 12.1. The first-order valence-electron chi connectivity index (χ1n) is 7.94. The van der Waals surface area contributed by atoms with E-state index in [1.807, 2.05) is 0 Å². The Morgan fingerprint density at radius 3 is 2.40 bits per heavy atom. The zero-order valence-corrected chi connectivity index (χ0v) is 13.4. The van der Waals surface area contributed by atoms with E-state index in [9.17, 15) is 14.4 Å². The summed E-state index contributed by atoms with van der Waals surface area (Å²) in [7, 11) is 0. The number of benzene rings is 1. The van der Waals surface area contributed by atoms with Gasteiger partial charge in [0, 0.05) is 23.9 Å². The summed E-state index contributed by atoms with van der Waals surface area (Å²) in [4.78, 5) is 38.0. The van der Waals surface area contributed by atoms with Gasteiger partial charge < -0.3 is 10.3 Å². The molecule has 1 fully saturated rings.